The minimum atomic E-state index is -0.458. The number of nitrogens with one attached hydrogen (secondary N) is 1. The fraction of sp³-hybridized carbons (Fsp3) is 0.500. The average molecular weight is 439 g/mol. The van der Waals surface area contributed by atoms with Crippen LogP contribution in [0.25, 0.3) is 0 Å². The smallest absolute Gasteiger partial charge is 0.350 e. The molecule has 0 aliphatic heterocycles. The van der Waals surface area contributed by atoms with Gasteiger partial charge >= 0.3 is 11.7 Å². The molecule has 156 valence electrons. The molecule has 0 unspecified atom stereocenters. The maximum Gasteiger partial charge on any atom is 0.350 e. The third-order valence-electron chi connectivity index (χ3n) is 4.37. The minimum Gasteiger partial charge on any atom is -0.462 e. The molecule has 29 heavy (non-hydrogen) atoms. The van der Waals surface area contributed by atoms with Crippen LogP contribution in [0.2, 0.25) is 0 Å². The second-order valence-corrected chi connectivity index (χ2v) is 8.31. The number of ether oxygens (including phenoxy) is 1. The topological polar surface area (TPSA) is 123 Å². The van der Waals surface area contributed by atoms with Crippen molar-refractivity contribution in [2.45, 2.75) is 44.7 Å². The Bertz CT molecular complexity index is 985. The van der Waals surface area contributed by atoms with Crippen molar-refractivity contribution in [2.75, 3.05) is 24.3 Å². The molecule has 0 atom stereocenters. The van der Waals surface area contributed by atoms with E-state index >= 15 is 0 Å². The second-order valence-electron chi connectivity index (χ2n) is 6.34. The highest BCUT2D eigenvalue weighted by Gasteiger charge is 2.23. The Kier molecular flexibility index (Phi) is 7.04. The van der Waals surface area contributed by atoms with Crippen molar-refractivity contribution < 1.29 is 19.4 Å². The van der Waals surface area contributed by atoms with E-state index in [1.54, 1.807) is 13.8 Å². The molecule has 2 aromatic heterocycles. The summed E-state index contributed by atoms with van der Waals surface area (Å²) in [6, 6.07) is 0. The number of nitrogens with zero attached hydrogens (tertiary/aromatic N) is 3. The van der Waals surface area contributed by atoms with Gasteiger partial charge in [0, 0.05) is 11.3 Å². The van der Waals surface area contributed by atoms with E-state index in [0.717, 1.165) is 41.9 Å². The van der Waals surface area contributed by atoms with Gasteiger partial charge < -0.3 is 15.2 Å². The van der Waals surface area contributed by atoms with Crippen molar-refractivity contribution in [2.24, 2.45) is 0 Å². The number of thiazole rings is 1. The number of aliphatic hydroxyl groups excluding tert-OH is 1. The molecule has 0 aromatic carbocycles. The van der Waals surface area contributed by atoms with Gasteiger partial charge in [0.2, 0.25) is 5.91 Å². The van der Waals surface area contributed by atoms with Crippen molar-refractivity contribution in [1.29, 1.82) is 0 Å². The zero-order valence-electron chi connectivity index (χ0n) is 16.2. The molecule has 2 N–H and O–H groups in total. The lowest BCUT2D eigenvalue weighted by atomic mass is 10.2. The van der Waals surface area contributed by atoms with Crippen molar-refractivity contribution >= 4 is 40.1 Å². The van der Waals surface area contributed by atoms with E-state index in [-0.39, 0.29) is 31.4 Å². The zero-order chi connectivity index (χ0) is 21.0. The van der Waals surface area contributed by atoms with Crippen molar-refractivity contribution in [3.8, 4) is 0 Å². The molecule has 0 bridgehead atoms. The number of rotatable bonds is 8. The summed E-state index contributed by atoms with van der Waals surface area (Å²) < 4.78 is 6.49. The molecule has 9 nitrogen and oxygen atoms in total. The monoisotopic (exact) mass is 438 g/mol. The fourth-order valence-corrected chi connectivity index (χ4v) is 4.91. The van der Waals surface area contributed by atoms with E-state index < -0.39 is 11.7 Å². The predicted molar refractivity (Wildman–Crippen MR) is 110 cm³/mol. The van der Waals surface area contributed by atoms with Gasteiger partial charge in [-0.1, -0.05) is 23.1 Å². The molecule has 11 heteroatoms. The van der Waals surface area contributed by atoms with Crippen LogP contribution in [0.5, 0.6) is 0 Å². The highest BCUT2D eigenvalue weighted by molar-refractivity contribution is 8.00. The molecule has 2 heterocycles. The van der Waals surface area contributed by atoms with Crippen LogP contribution >= 0.6 is 23.1 Å². The van der Waals surface area contributed by atoms with E-state index in [4.69, 9.17) is 9.84 Å². The Hall–Kier alpha value is -2.24. The highest BCUT2D eigenvalue weighted by Crippen LogP contribution is 2.29. The number of fused-ring (bicyclic) bond motifs is 1. The second kappa shape index (κ2) is 9.51. The van der Waals surface area contributed by atoms with Gasteiger partial charge in [0.25, 0.3) is 0 Å². The van der Waals surface area contributed by atoms with Gasteiger partial charge in [-0.05, 0) is 33.1 Å². The molecule has 3 rings (SSSR count). The normalized spacial score (nSPS) is 12.7. The van der Waals surface area contributed by atoms with E-state index in [2.05, 4.69) is 15.3 Å². The summed E-state index contributed by atoms with van der Waals surface area (Å²) in [7, 11) is 0. The summed E-state index contributed by atoms with van der Waals surface area (Å²) in [4.78, 5) is 45.1. The first-order valence-electron chi connectivity index (χ1n) is 9.25. The van der Waals surface area contributed by atoms with Crippen LogP contribution in [-0.2, 0) is 28.9 Å². The molecular formula is C18H22N4O5S2. The first-order valence-corrected chi connectivity index (χ1v) is 11.1. The minimum absolute atomic E-state index is 0.0657. The van der Waals surface area contributed by atoms with Crippen LogP contribution in [0.4, 0.5) is 5.13 Å². The Balaban J connectivity index is 1.67. The van der Waals surface area contributed by atoms with Crippen molar-refractivity contribution in [1.82, 2.24) is 14.5 Å². The summed E-state index contributed by atoms with van der Waals surface area (Å²) in [5.74, 6) is -0.691. The highest BCUT2D eigenvalue weighted by atomic mass is 32.2. The number of aliphatic hydroxyl groups is 1. The van der Waals surface area contributed by atoms with Crippen LogP contribution < -0.4 is 11.0 Å². The standard InChI is InChI=1S/C18H22N4O5S2/c1-3-27-16(25)14-10(2)19-17(29-14)20-13(24)9-28-15-11-5-4-6-12(11)22(7-8-23)18(26)21-15/h23H,3-9H2,1-2H3,(H,19,20,24). The van der Waals surface area contributed by atoms with Gasteiger partial charge in [-0.25, -0.2) is 14.6 Å². The number of hydrogen-bond acceptors (Lipinski definition) is 9. The number of hydrogen-bond donors (Lipinski definition) is 2. The van der Waals surface area contributed by atoms with Gasteiger partial charge in [-0.3, -0.25) is 9.36 Å². The van der Waals surface area contributed by atoms with Crippen molar-refractivity contribution in [3.63, 3.8) is 0 Å². The Morgan fingerprint density at radius 3 is 2.86 bits per heavy atom. The summed E-state index contributed by atoms with van der Waals surface area (Å²) in [5, 5.41) is 12.7. The summed E-state index contributed by atoms with van der Waals surface area (Å²) in [6.45, 7) is 3.78. The zero-order valence-corrected chi connectivity index (χ0v) is 17.8. The number of esters is 1. The number of anilines is 1. The van der Waals surface area contributed by atoms with Gasteiger partial charge in [0.15, 0.2) is 5.13 Å². The predicted octanol–water partition coefficient (Wildman–Crippen LogP) is 1.40. The van der Waals surface area contributed by atoms with Gasteiger partial charge in [0.1, 0.15) is 9.90 Å². The van der Waals surface area contributed by atoms with Crippen LogP contribution in [0, 0.1) is 6.92 Å². The number of carbonyl (C=O) groups excluding carboxylic acids is 2. The molecular weight excluding hydrogens is 416 g/mol. The van der Waals surface area contributed by atoms with Crippen LogP contribution in [-0.4, -0.2) is 50.5 Å². The van der Waals surface area contributed by atoms with E-state index in [0.29, 0.717) is 20.7 Å². The molecule has 0 saturated heterocycles. The third-order valence-corrected chi connectivity index (χ3v) is 6.44. The molecule has 2 aromatic rings. The number of aryl methyl sites for hydroxylation is 1. The molecule has 0 saturated carbocycles. The SMILES string of the molecule is CCOC(=O)c1sc(NC(=O)CSc2nc(=O)n(CCO)c3c2CCC3)nc1C. The van der Waals surface area contributed by atoms with E-state index in [1.165, 1.54) is 16.3 Å². The fourth-order valence-electron chi connectivity index (χ4n) is 3.16. The Morgan fingerprint density at radius 2 is 2.14 bits per heavy atom. The van der Waals surface area contributed by atoms with E-state index in [1.807, 2.05) is 0 Å². The lowest BCUT2D eigenvalue weighted by Crippen LogP contribution is -2.28. The summed E-state index contributed by atoms with van der Waals surface area (Å²) in [5.41, 5.74) is 1.97. The van der Waals surface area contributed by atoms with Crippen LogP contribution in [0.3, 0.4) is 0 Å². The maximum absolute atomic E-state index is 12.3. The molecule has 0 fully saturated rings. The van der Waals surface area contributed by atoms with Crippen LogP contribution in [0.1, 0.15) is 40.0 Å². The maximum atomic E-state index is 12.3. The first kappa shape index (κ1) is 21.5. The lowest BCUT2D eigenvalue weighted by molar-refractivity contribution is -0.113. The van der Waals surface area contributed by atoms with Gasteiger partial charge in [-0.2, -0.15) is 4.98 Å². The number of aromatic nitrogens is 3. The number of carbonyl (C=O) groups is 2. The lowest BCUT2D eigenvalue weighted by Gasteiger charge is -2.12. The molecule has 0 radical (unpaired) electrons. The molecule has 1 aliphatic rings. The average Bonchev–Trinajstić information content (AvgIpc) is 3.30. The number of amides is 1. The number of thioether (sulfide) groups is 1. The summed E-state index contributed by atoms with van der Waals surface area (Å²) >= 11 is 2.27. The molecule has 1 aliphatic carbocycles. The third kappa shape index (κ3) is 4.85. The molecule has 0 spiro atoms. The Labute approximate surface area is 175 Å². The van der Waals surface area contributed by atoms with Crippen molar-refractivity contribution in [3.05, 3.63) is 32.3 Å². The van der Waals surface area contributed by atoms with E-state index in [9.17, 15) is 14.4 Å². The largest absolute Gasteiger partial charge is 0.462 e. The summed E-state index contributed by atoms with van der Waals surface area (Å²) in [6.07, 6.45) is 2.48. The first-order chi connectivity index (χ1) is 13.9. The Morgan fingerprint density at radius 1 is 1.34 bits per heavy atom. The quantitative estimate of drug-likeness (QED) is 0.360. The van der Waals surface area contributed by atoms with Gasteiger partial charge in [-0.15, -0.1) is 0 Å². The van der Waals surface area contributed by atoms with Gasteiger partial charge in [0.05, 0.1) is 31.2 Å². The van der Waals surface area contributed by atoms with Crippen LogP contribution in [0.15, 0.2) is 9.82 Å². The molecule has 1 amide bonds.